The number of halogens is 1. The molecule has 2 aromatic carbocycles. The van der Waals surface area contributed by atoms with Gasteiger partial charge in [-0.1, -0.05) is 31.0 Å². The van der Waals surface area contributed by atoms with E-state index in [0.717, 1.165) is 19.4 Å². The Hall–Kier alpha value is -2.33. The molecule has 2 amide bonds. The summed E-state index contributed by atoms with van der Waals surface area (Å²) in [4.78, 5) is 26.2. The Kier molecular flexibility index (Phi) is 6.38. The molecule has 0 saturated carbocycles. The smallest absolute Gasteiger partial charge is 0.255 e. The van der Waals surface area contributed by atoms with Crippen molar-refractivity contribution >= 4 is 29.1 Å². The summed E-state index contributed by atoms with van der Waals surface area (Å²) in [6.07, 6.45) is 2.02. The van der Waals surface area contributed by atoms with Crippen LogP contribution in [0.4, 0.5) is 5.69 Å². The second-order valence-electron chi connectivity index (χ2n) is 5.62. The first-order valence-electron chi connectivity index (χ1n) is 7.93. The molecule has 0 spiro atoms. The molecule has 0 unspecified atom stereocenters. The minimum atomic E-state index is -0.240. The maximum atomic E-state index is 12.3. The number of hydrogen-bond donors (Lipinski definition) is 1. The van der Waals surface area contributed by atoms with Crippen molar-refractivity contribution in [3.63, 3.8) is 0 Å². The summed E-state index contributed by atoms with van der Waals surface area (Å²) in [5, 5.41) is 3.34. The van der Waals surface area contributed by atoms with Crippen molar-refractivity contribution in [1.82, 2.24) is 4.90 Å². The van der Waals surface area contributed by atoms with E-state index in [1.807, 2.05) is 0 Å². The van der Waals surface area contributed by atoms with Crippen LogP contribution in [0, 0.1) is 0 Å². The van der Waals surface area contributed by atoms with Gasteiger partial charge in [-0.15, -0.1) is 0 Å². The molecule has 0 aliphatic rings. The van der Waals surface area contributed by atoms with Gasteiger partial charge in [-0.25, -0.2) is 0 Å². The fourth-order valence-electron chi connectivity index (χ4n) is 2.25. The quantitative estimate of drug-likeness (QED) is 0.840. The molecular formula is C19H21ClN2O2. The molecule has 1 N–H and O–H groups in total. The molecule has 0 fully saturated rings. The minimum absolute atomic E-state index is 0.0368. The van der Waals surface area contributed by atoms with Crippen molar-refractivity contribution in [2.45, 2.75) is 19.8 Å². The maximum absolute atomic E-state index is 12.3. The molecule has 0 aliphatic heterocycles. The van der Waals surface area contributed by atoms with Gasteiger partial charge in [0.25, 0.3) is 11.8 Å². The van der Waals surface area contributed by atoms with Crippen molar-refractivity contribution < 1.29 is 9.59 Å². The molecule has 0 radical (unpaired) electrons. The van der Waals surface area contributed by atoms with Crippen LogP contribution in [-0.2, 0) is 0 Å². The van der Waals surface area contributed by atoms with E-state index in [2.05, 4.69) is 12.2 Å². The van der Waals surface area contributed by atoms with E-state index in [1.165, 1.54) is 0 Å². The second-order valence-corrected chi connectivity index (χ2v) is 6.06. The van der Waals surface area contributed by atoms with Gasteiger partial charge in [0.05, 0.1) is 0 Å². The van der Waals surface area contributed by atoms with Crippen molar-refractivity contribution in [2.75, 3.05) is 18.9 Å². The van der Waals surface area contributed by atoms with Crippen LogP contribution in [0.15, 0.2) is 48.5 Å². The van der Waals surface area contributed by atoms with Gasteiger partial charge in [0.1, 0.15) is 0 Å². The average Bonchev–Trinajstić information content (AvgIpc) is 2.59. The number of nitrogens with one attached hydrogen (secondary N) is 1. The highest BCUT2D eigenvalue weighted by molar-refractivity contribution is 6.31. The SMILES string of the molecule is CCCCN(C)C(=O)c1ccc(C(=O)Nc2cccc(Cl)c2)cc1. The number of carbonyl (C=O) groups excluding carboxylic acids is 2. The largest absolute Gasteiger partial charge is 0.342 e. The second kappa shape index (κ2) is 8.50. The van der Waals surface area contributed by atoms with E-state index in [9.17, 15) is 9.59 Å². The third-order valence-electron chi connectivity index (χ3n) is 3.67. The van der Waals surface area contributed by atoms with Crippen molar-refractivity contribution in [2.24, 2.45) is 0 Å². The van der Waals surface area contributed by atoms with E-state index in [1.54, 1.807) is 60.5 Å². The fraction of sp³-hybridized carbons (Fsp3) is 0.263. The molecule has 24 heavy (non-hydrogen) atoms. The van der Waals surface area contributed by atoms with Crippen LogP contribution in [0.3, 0.4) is 0 Å². The molecule has 0 aromatic heterocycles. The Bertz CT molecular complexity index is 714. The van der Waals surface area contributed by atoms with Crippen LogP contribution in [0.2, 0.25) is 5.02 Å². The Morgan fingerprint density at radius 2 is 1.75 bits per heavy atom. The zero-order valence-electron chi connectivity index (χ0n) is 13.9. The van der Waals surface area contributed by atoms with Crippen molar-refractivity contribution in [3.05, 3.63) is 64.7 Å². The Labute approximate surface area is 147 Å². The molecule has 0 atom stereocenters. The number of rotatable bonds is 6. The number of carbonyl (C=O) groups is 2. The molecule has 0 bridgehead atoms. The Morgan fingerprint density at radius 1 is 1.08 bits per heavy atom. The minimum Gasteiger partial charge on any atom is -0.342 e. The molecular weight excluding hydrogens is 324 g/mol. The van der Waals surface area contributed by atoms with E-state index in [4.69, 9.17) is 11.6 Å². The van der Waals surface area contributed by atoms with Crippen molar-refractivity contribution in [3.8, 4) is 0 Å². The van der Waals surface area contributed by atoms with Gasteiger partial charge < -0.3 is 10.2 Å². The number of anilines is 1. The molecule has 4 nitrogen and oxygen atoms in total. The molecule has 126 valence electrons. The van der Waals surface area contributed by atoms with E-state index in [0.29, 0.717) is 21.8 Å². The zero-order chi connectivity index (χ0) is 17.5. The first-order valence-corrected chi connectivity index (χ1v) is 8.31. The number of hydrogen-bond acceptors (Lipinski definition) is 2. The van der Waals surface area contributed by atoms with Crippen LogP contribution in [-0.4, -0.2) is 30.3 Å². The van der Waals surface area contributed by atoms with E-state index >= 15 is 0 Å². The van der Waals surface area contributed by atoms with E-state index in [-0.39, 0.29) is 11.8 Å². The predicted octanol–water partition coefficient (Wildman–Crippen LogP) is 4.46. The summed E-state index contributed by atoms with van der Waals surface area (Å²) in [6.45, 7) is 2.82. The summed E-state index contributed by atoms with van der Waals surface area (Å²) in [5.74, 6) is -0.277. The number of nitrogens with zero attached hydrogens (tertiary/aromatic N) is 1. The summed E-state index contributed by atoms with van der Waals surface area (Å²) in [5.41, 5.74) is 1.70. The van der Waals surface area contributed by atoms with Crippen molar-refractivity contribution in [1.29, 1.82) is 0 Å². The first-order chi connectivity index (χ1) is 11.5. The lowest BCUT2D eigenvalue weighted by Gasteiger charge is -2.16. The zero-order valence-corrected chi connectivity index (χ0v) is 14.6. The number of benzene rings is 2. The van der Waals surface area contributed by atoms with Crippen LogP contribution in [0.25, 0.3) is 0 Å². The normalized spacial score (nSPS) is 10.3. The standard InChI is InChI=1S/C19H21ClN2O2/c1-3-4-12-22(2)19(24)15-10-8-14(9-11-15)18(23)21-17-7-5-6-16(20)13-17/h5-11,13H,3-4,12H2,1-2H3,(H,21,23). The lowest BCUT2D eigenvalue weighted by Crippen LogP contribution is -2.27. The summed E-state index contributed by atoms with van der Waals surface area (Å²) >= 11 is 5.90. The van der Waals surface area contributed by atoms with Crippen LogP contribution >= 0.6 is 11.6 Å². The van der Waals surface area contributed by atoms with Gasteiger partial charge in [0, 0.05) is 35.4 Å². The molecule has 5 heteroatoms. The summed E-state index contributed by atoms with van der Waals surface area (Å²) in [7, 11) is 1.79. The van der Waals surface area contributed by atoms with Gasteiger partial charge in [0.2, 0.25) is 0 Å². The highest BCUT2D eigenvalue weighted by Gasteiger charge is 2.12. The Balaban J connectivity index is 2.03. The lowest BCUT2D eigenvalue weighted by atomic mass is 10.1. The number of unbranched alkanes of at least 4 members (excludes halogenated alkanes) is 1. The highest BCUT2D eigenvalue weighted by Crippen LogP contribution is 2.16. The maximum Gasteiger partial charge on any atom is 0.255 e. The van der Waals surface area contributed by atoms with Crippen LogP contribution < -0.4 is 5.32 Å². The lowest BCUT2D eigenvalue weighted by molar-refractivity contribution is 0.0792. The third kappa shape index (κ3) is 4.83. The fourth-order valence-corrected chi connectivity index (χ4v) is 2.44. The van der Waals surface area contributed by atoms with Crippen LogP contribution in [0.5, 0.6) is 0 Å². The summed E-state index contributed by atoms with van der Waals surface area (Å²) < 4.78 is 0. The average molecular weight is 345 g/mol. The van der Waals surface area contributed by atoms with E-state index < -0.39 is 0 Å². The Morgan fingerprint density at radius 3 is 2.38 bits per heavy atom. The first kappa shape index (κ1) is 18.0. The topological polar surface area (TPSA) is 49.4 Å². The summed E-state index contributed by atoms with van der Waals surface area (Å²) in [6, 6.07) is 13.6. The molecule has 0 heterocycles. The molecule has 2 rings (SSSR count). The predicted molar refractivity (Wildman–Crippen MR) is 97.7 cm³/mol. The number of amides is 2. The van der Waals surface area contributed by atoms with Crippen LogP contribution in [0.1, 0.15) is 40.5 Å². The molecule has 0 saturated heterocycles. The van der Waals surface area contributed by atoms with Gasteiger partial charge in [-0.05, 0) is 48.9 Å². The monoisotopic (exact) mass is 344 g/mol. The molecule has 0 aliphatic carbocycles. The van der Waals surface area contributed by atoms with Gasteiger partial charge in [0.15, 0.2) is 0 Å². The van der Waals surface area contributed by atoms with Gasteiger partial charge >= 0.3 is 0 Å². The molecule has 2 aromatic rings. The van der Waals surface area contributed by atoms with Gasteiger partial charge in [-0.3, -0.25) is 9.59 Å². The third-order valence-corrected chi connectivity index (χ3v) is 3.91. The highest BCUT2D eigenvalue weighted by atomic mass is 35.5. The van der Waals surface area contributed by atoms with Gasteiger partial charge in [-0.2, -0.15) is 0 Å².